The molecule has 3 aromatic rings. The van der Waals surface area contributed by atoms with E-state index in [1.165, 1.54) is 56.6 Å². The predicted molar refractivity (Wildman–Crippen MR) is 149 cm³/mol. The molecule has 2 saturated heterocycles. The lowest BCUT2D eigenvalue weighted by Gasteiger charge is -2.29. The van der Waals surface area contributed by atoms with Gasteiger partial charge in [-0.3, -0.25) is 14.5 Å². The largest absolute Gasteiger partial charge is 0.497 e. The lowest BCUT2D eigenvalue weighted by molar-refractivity contribution is -0.121. The van der Waals surface area contributed by atoms with E-state index in [2.05, 4.69) is 15.0 Å². The number of amides is 2. The van der Waals surface area contributed by atoms with Crippen LogP contribution in [0.25, 0.3) is 0 Å². The first-order valence-electron chi connectivity index (χ1n) is 13.6. The third-order valence-electron chi connectivity index (χ3n) is 7.62. The molecule has 2 amide bonds. The Kier molecular flexibility index (Phi) is 8.71. The van der Waals surface area contributed by atoms with Crippen LogP contribution in [0.15, 0.2) is 48.5 Å². The van der Waals surface area contributed by atoms with E-state index in [0.717, 1.165) is 16.2 Å². The number of aromatic nitrogens is 1. The van der Waals surface area contributed by atoms with Crippen LogP contribution in [0.3, 0.4) is 0 Å². The van der Waals surface area contributed by atoms with Crippen molar-refractivity contribution in [2.45, 2.75) is 38.0 Å². The highest BCUT2D eigenvalue weighted by Gasteiger charge is 2.48. The van der Waals surface area contributed by atoms with Gasteiger partial charge in [0.1, 0.15) is 29.2 Å². The third kappa shape index (κ3) is 6.21. The Hall–Kier alpha value is -4.39. The number of pyridine rings is 1. The van der Waals surface area contributed by atoms with Gasteiger partial charge in [-0.05, 0) is 66.9 Å². The lowest BCUT2D eigenvalue weighted by atomic mass is 9.89. The van der Waals surface area contributed by atoms with E-state index in [4.69, 9.17) is 9.47 Å². The van der Waals surface area contributed by atoms with E-state index in [1.54, 1.807) is 13.0 Å². The summed E-state index contributed by atoms with van der Waals surface area (Å²) in [5, 5.41) is 3.17. The highest BCUT2D eigenvalue weighted by Crippen LogP contribution is 2.39. The molecule has 9 nitrogen and oxygen atoms in total. The number of likely N-dealkylation sites (N-methyl/N-ethyl adjacent to an activating group) is 1. The SMILES string of the molecule is COc1cc(C)c([C@@H]2CN(c3nc(NC4CCOC4)ccc3F)C(=O)[C@H]2N(C)C(=O)c2ccc(OC(F)F)cc2)c(F)c1. The molecule has 1 unspecified atom stereocenters. The Morgan fingerprint density at radius 1 is 1.12 bits per heavy atom. The second-order valence-corrected chi connectivity index (χ2v) is 10.4. The Morgan fingerprint density at radius 3 is 2.49 bits per heavy atom. The summed E-state index contributed by atoms with van der Waals surface area (Å²) in [6.07, 6.45) is 0.735. The van der Waals surface area contributed by atoms with E-state index < -0.39 is 42.0 Å². The number of aryl methyl sites for hydroxylation is 1. The van der Waals surface area contributed by atoms with Gasteiger partial charge in [-0.2, -0.15) is 8.78 Å². The summed E-state index contributed by atoms with van der Waals surface area (Å²) in [7, 11) is 2.78. The van der Waals surface area contributed by atoms with Crippen molar-refractivity contribution in [3.05, 3.63) is 76.9 Å². The minimum Gasteiger partial charge on any atom is -0.497 e. The molecule has 0 radical (unpaired) electrons. The van der Waals surface area contributed by atoms with Crippen LogP contribution in [0.5, 0.6) is 11.5 Å². The highest BCUT2D eigenvalue weighted by molar-refractivity contribution is 6.04. The first-order valence-corrected chi connectivity index (χ1v) is 13.6. The van der Waals surface area contributed by atoms with Gasteiger partial charge in [0.15, 0.2) is 11.6 Å². The van der Waals surface area contributed by atoms with E-state index in [1.807, 2.05) is 0 Å². The summed E-state index contributed by atoms with van der Waals surface area (Å²) in [4.78, 5) is 34.2. The molecule has 2 aliphatic heterocycles. The molecule has 228 valence electrons. The maximum absolute atomic E-state index is 15.6. The molecule has 0 bridgehead atoms. The van der Waals surface area contributed by atoms with Crippen LogP contribution in [0.1, 0.15) is 33.8 Å². The molecule has 1 N–H and O–H groups in total. The molecule has 43 heavy (non-hydrogen) atoms. The zero-order chi connectivity index (χ0) is 30.8. The van der Waals surface area contributed by atoms with Crippen molar-refractivity contribution < 1.29 is 41.4 Å². The molecule has 13 heteroatoms. The second-order valence-electron chi connectivity index (χ2n) is 10.4. The number of carbonyl (C=O) groups excluding carboxylic acids is 2. The van der Waals surface area contributed by atoms with Crippen LogP contribution in [-0.4, -0.2) is 74.3 Å². The van der Waals surface area contributed by atoms with Crippen molar-refractivity contribution in [3.63, 3.8) is 0 Å². The Balaban J connectivity index is 1.51. The fraction of sp³-hybridized carbons (Fsp3) is 0.367. The van der Waals surface area contributed by atoms with Gasteiger partial charge in [0.25, 0.3) is 11.8 Å². The van der Waals surface area contributed by atoms with Crippen LogP contribution in [0.4, 0.5) is 29.2 Å². The zero-order valence-corrected chi connectivity index (χ0v) is 23.7. The number of rotatable bonds is 9. The summed E-state index contributed by atoms with van der Waals surface area (Å²) in [6, 6.07) is 9.12. The molecule has 5 rings (SSSR count). The number of nitrogens with one attached hydrogen (secondary N) is 1. The highest BCUT2D eigenvalue weighted by atomic mass is 19.3. The molecular weight excluding hydrogens is 572 g/mol. The predicted octanol–water partition coefficient (Wildman–Crippen LogP) is 4.75. The summed E-state index contributed by atoms with van der Waals surface area (Å²) in [6.45, 7) is -0.522. The van der Waals surface area contributed by atoms with Crippen LogP contribution >= 0.6 is 0 Å². The maximum atomic E-state index is 15.6. The van der Waals surface area contributed by atoms with Gasteiger partial charge in [0.05, 0.1) is 19.8 Å². The van der Waals surface area contributed by atoms with Crippen LogP contribution in [0.2, 0.25) is 0 Å². The van der Waals surface area contributed by atoms with Gasteiger partial charge < -0.3 is 24.4 Å². The van der Waals surface area contributed by atoms with Crippen molar-refractivity contribution in [1.29, 1.82) is 0 Å². The molecule has 3 atom stereocenters. The third-order valence-corrected chi connectivity index (χ3v) is 7.62. The van der Waals surface area contributed by atoms with Crippen molar-refractivity contribution in [2.24, 2.45) is 0 Å². The molecule has 0 saturated carbocycles. The van der Waals surface area contributed by atoms with Gasteiger partial charge >= 0.3 is 6.61 Å². The van der Waals surface area contributed by atoms with E-state index in [0.29, 0.717) is 24.6 Å². The van der Waals surface area contributed by atoms with E-state index in [9.17, 15) is 18.4 Å². The van der Waals surface area contributed by atoms with E-state index in [-0.39, 0.29) is 41.0 Å². The first-order chi connectivity index (χ1) is 20.6. The minimum atomic E-state index is -3.04. The Morgan fingerprint density at radius 2 is 1.86 bits per heavy atom. The normalized spacial score (nSPS) is 20.0. The number of nitrogens with zero attached hydrogens (tertiary/aromatic N) is 3. The number of alkyl halides is 2. The summed E-state index contributed by atoms with van der Waals surface area (Å²) < 4.78 is 70.9. The number of hydrogen-bond acceptors (Lipinski definition) is 7. The van der Waals surface area contributed by atoms with Crippen LogP contribution < -0.4 is 19.7 Å². The van der Waals surface area contributed by atoms with Crippen molar-refractivity contribution in [3.8, 4) is 11.5 Å². The number of hydrogen-bond donors (Lipinski definition) is 1. The van der Waals surface area contributed by atoms with Gasteiger partial charge in [-0.1, -0.05) is 0 Å². The van der Waals surface area contributed by atoms with Gasteiger partial charge in [-0.25, -0.2) is 13.8 Å². The maximum Gasteiger partial charge on any atom is 0.387 e. The smallest absolute Gasteiger partial charge is 0.387 e. The van der Waals surface area contributed by atoms with Gasteiger partial charge in [0, 0.05) is 37.7 Å². The molecule has 0 aliphatic carbocycles. The Bertz CT molecular complexity index is 1480. The van der Waals surface area contributed by atoms with Crippen molar-refractivity contribution in [2.75, 3.05) is 44.1 Å². The summed E-state index contributed by atoms with van der Waals surface area (Å²) in [5.41, 5.74) is 0.719. The Labute approximate surface area is 245 Å². The number of carbonyl (C=O) groups is 2. The summed E-state index contributed by atoms with van der Waals surface area (Å²) in [5.74, 6) is -3.44. The lowest BCUT2D eigenvalue weighted by Crippen LogP contribution is -2.45. The number of anilines is 2. The topological polar surface area (TPSA) is 93.2 Å². The average Bonchev–Trinajstić information content (AvgIpc) is 3.60. The van der Waals surface area contributed by atoms with Crippen LogP contribution in [-0.2, 0) is 9.53 Å². The first kappa shape index (κ1) is 30.1. The molecular formula is C30H30F4N4O5. The average molecular weight is 603 g/mol. The number of halogens is 4. The quantitative estimate of drug-likeness (QED) is 0.354. The summed E-state index contributed by atoms with van der Waals surface area (Å²) >= 11 is 0. The minimum absolute atomic E-state index is 0.0298. The second kappa shape index (κ2) is 12.5. The molecule has 3 heterocycles. The standard InChI is InChI=1S/C30H30F4N4O5/c1-16-12-20(41-3)13-23(32)25(16)21-14-38(27-22(31)8-9-24(36-27)35-18-10-11-42-15-18)29(40)26(21)37(2)28(39)17-4-6-19(7-5-17)43-30(33)34/h4-9,12-13,18,21,26,30H,10-11,14-15H2,1-3H3,(H,35,36)/t18?,21-,26-/m0/s1. The number of ether oxygens (including phenoxy) is 3. The molecule has 0 spiro atoms. The monoisotopic (exact) mass is 602 g/mol. The van der Waals surface area contributed by atoms with Gasteiger partial charge in [0.2, 0.25) is 0 Å². The van der Waals surface area contributed by atoms with Crippen LogP contribution in [0, 0.1) is 18.6 Å². The van der Waals surface area contributed by atoms with E-state index >= 15 is 8.78 Å². The molecule has 2 fully saturated rings. The van der Waals surface area contributed by atoms with Crippen molar-refractivity contribution in [1.82, 2.24) is 9.88 Å². The molecule has 2 aromatic carbocycles. The fourth-order valence-electron chi connectivity index (χ4n) is 5.57. The molecule has 2 aliphatic rings. The number of benzene rings is 2. The van der Waals surface area contributed by atoms with Gasteiger partial charge in [-0.15, -0.1) is 0 Å². The fourth-order valence-corrected chi connectivity index (χ4v) is 5.57. The van der Waals surface area contributed by atoms with Crippen molar-refractivity contribution >= 4 is 23.5 Å². The molecule has 1 aromatic heterocycles. The number of methoxy groups -OCH3 is 1. The zero-order valence-electron chi connectivity index (χ0n) is 23.7.